The Hall–Kier alpha value is -4.02. The summed E-state index contributed by atoms with van der Waals surface area (Å²) in [5.41, 5.74) is 0.631. The van der Waals surface area contributed by atoms with Crippen molar-refractivity contribution in [3.8, 4) is 11.3 Å². The lowest BCUT2D eigenvalue weighted by Crippen LogP contribution is -2.49. The first-order chi connectivity index (χ1) is 18.6. The zero-order chi connectivity index (χ0) is 27.7. The van der Waals surface area contributed by atoms with Crippen LogP contribution in [-0.4, -0.2) is 52.1 Å². The van der Waals surface area contributed by atoms with Crippen molar-refractivity contribution in [2.75, 3.05) is 31.1 Å². The average molecular weight is 542 g/mol. The van der Waals surface area contributed by atoms with Crippen molar-refractivity contribution >= 4 is 22.8 Å². The quantitative estimate of drug-likeness (QED) is 0.299. The van der Waals surface area contributed by atoms with Gasteiger partial charge in [-0.3, -0.25) is 4.79 Å². The van der Waals surface area contributed by atoms with Crippen LogP contribution in [0.4, 0.5) is 23.4 Å². The molecule has 1 amide bonds. The molecule has 0 N–H and O–H groups in total. The van der Waals surface area contributed by atoms with Gasteiger partial charge < -0.3 is 14.3 Å². The van der Waals surface area contributed by atoms with Gasteiger partial charge >= 0.3 is 6.18 Å². The number of alkyl halides is 3. The van der Waals surface area contributed by atoms with Gasteiger partial charge in [0.25, 0.3) is 5.71 Å². The molecule has 0 unspecified atom stereocenters. The van der Waals surface area contributed by atoms with E-state index in [0.29, 0.717) is 49.6 Å². The molecule has 0 atom stereocenters. The third-order valence-electron chi connectivity index (χ3n) is 6.62. The van der Waals surface area contributed by atoms with Gasteiger partial charge in [0, 0.05) is 38.2 Å². The molecule has 5 rings (SSSR count). The van der Waals surface area contributed by atoms with E-state index < -0.39 is 11.7 Å². The standard InChI is InChI=1S/C28H27F4N5O2/c1-17(2)14-22-33-26(37-12-10-36(11-13-37)23(38)15-18-6-8-21(29)9-7-18)24-25(35-39-27(24)34-22)19-4-3-5-20(16-19)28(30,31)32/h3-9,16-17H,10-15H2,1-2H3. The molecular formula is C28H27F4N5O2. The van der Waals surface area contributed by atoms with E-state index in [4.69, 9.17) is 9.51 Å². The number of rotatable bonds is 6. The minimum absolute atomic E-state index is 0.0655. The molecular weight excluding hydrogens is 514 g/mol. The van der Waals surface area contributed by atoms with E-state index in [0.717, 1.165) is 17.7 Å². The van der Waals surface area contributed by atoms with Gasteiger partial charge in [0.05, 0.1) is 12.0 Å². The Morgan fingerprint density at radius 1 is 1.03 bits per heavy atom. The molecule has 3 heterocycles. The molecule has 204 valence electrons. The Morgan fingerprint density at radius 2 is 1.74 bits per heavy atom. The predicted molar refractivity (Wildman–Crippen MR) is 137 cm³/mol. The lowest BCUT2D eigenvalue weighted by molar-refractivity contribution is -0.137. The van der Waals surface area contributed by atoms with Crippen molar-refractivity contribution in [1.82, 2.24) is 20.0 Å². The molecule has 1 aliphatic rings. The molecule has 0 bridgehead atoms. The van der Waals surface area contributed by atoms with E-state index in [1.54, 1.807) is 23.1 Å². The van der Waals surface area contributed by atoms with Crippen LogP contribution >= 0.6 is 0 Å². The molecule has 7 nitrogen and oxygen atoms in total. The Bertz CT molecular complexity index is 1480. The summed E-state index contributed by atoms with van der Waals surface area (Å²) in [6, 6.07) is 10.8. The number of benzene rings is 2. The van der Waals surface area contributed by atoms with Crippen molar-refractivity contribution in [2.24, 2.45) is 5.92 Å². The van der Waals surface area contributed by atoms with Crippen molar-refractivity contribution in [3.05, 3.63) is 71.3 Å². The van der Waals surface area contributed by atoms with Crippen LogP contribution in [0.1, 0.15) is 30.8 Å². The highest BCUT2D eigenvalue weighted by Gasteiger charge is 2.32. The maximum atomic E-state index is 13.4. The van der Waals surface area contributed by atoms with Crippen LogP contribution in [0.25, 0.3) is 22.4 Å². The number of halogens is 4. The average Bonchev–Trinajstić information content (AvgIpc) is 3.33. The second kappa shape index (κ2) is 10.6. The van der Waals surface area contributed by atoms with E-state index >= 15 is 0 Å². The SMILES string of the molecule is CC(C)Cc1nc(N2CCN(C(=O)Cc3ccc(F)cc3)CC2)c2c(-c3cccc(C(F)(F)F)c3)noc2n1. The molecule has 0 spiro atoms. The van der Waals surface area contributed by atoms with Crippen LogP contribution in [0.3, 0.4) is 0 Å². The van der Waals surface area contributed by atoms with E-state index in [1.807, 2.05) is 18.7 Å². The number of carbonyl (C=O) groups is 1. The number of amides is 1. The molecule has 0 saturated carbocycles. The first-order valence-corrected chi connectivity index (χ1v) is 12.7. The third kappa shape index (κ3) is 5.86. The number of fused-ring (bicyclic) bond motifs is 1. The number of carbonyl (C=O) groups excluding carboxylic acids is 1. The number of hydrogen-bond acceptors (Lipinski definition) is 6. The Labute approximate surface area is 222 Å². The van der Waals surface area contributed by atoms with Gasteiger partial charge in [-0.15, -0.1) is 0 Å². The van der Waals surface area contributed by atoms with Crippen LogP contribution in [0.15, 0.2) is 53.1 Å². The van der Waals surface area contributed by atoms with Crippen LogP contribution in [-0.2, 0) is 23.8 Å². The maximum Gasteiger partial charge on any atom is 0.416 e. The molecule has 4 aromatic rings. The maximum absolute atomic E-state index is 13.4. The highest BCUT2D eigenvalue weighted by Crippen LogP contribution is 2.37. The molecule has 11 heteroatoms. The van der Waals surface area contributed by atoms with Crippen molar-refractivity contribution in [1.29, 1.82) is 0 Å². The summed E-state index contributed by atoms with van der Waals surface area (Å²) >= 11 is 0. The summed E-state index contributed by atoms with van der Waals surface area (Å²) in [7, 11) is 0. The molecule has 0 radical (unpaired) electrons. The monoisotopic (exact) mass is 541 g/mol. The molecule has 2 aromatic carbocycles. The topological polar surface area (TPSA) is 75.4 Å². The third-order valence-corrected chi connectivity index (χ3v) is 6.62. The zero-order valence-corrected chi connectivity index (χ0v) is 21.5. The van der Waals surface area contributed by atoms with Crippen LogP contribution in [0.5, 0.6) is 0 Å². The Kier molecular flexibility index (Phi) is 7.24. The molecule has 39 heavy (non-hydrogen) atoms. The number of hydrogen-bond donors (Lipinski definition) is 0. The van der Waals surface area contributed by atoms with Gasteiger partial charge in [-0.05, 0) is 35.7 Å². The van der Waals surface area contributed by atoms with Crippen LogP contribution < -0.4 is 4.90 Å². The van der Waals surface area contributed by atoms with Gasteiger partial charge in [0.15, 0.2) is 0 Å². The van der Waals surface area contributed by atoms with E-state index in [2.05, 4.69) is 10.1 Å². The lowest BCUT2D eigenvalue weighted by Gasteiger charge is -2.35. The van der Waals surface area contributed by atoms with Gasteiger partial charge in [0.1, 0.15) is 28.5 Å². The summed E-state index contributed by atoms with van der Waals surface area (Å²) in [5.74, 6) is 0.918. The number of nitrogens with zero attached hydrogens (tertiary/aromatic N) is 5. The van der Waals surface area contributed by atoms with Crippen LogP contribution in [0.2, 0.25) is 0 Å². The van der Waals surface area contributed by atoms with Crippen molar-refractivity contribution < 1.29 is 26.9 Å². The summed E-state index contributed by atoms with van der Waals surface area (Å²) in [6.07, 6.45) is -3.75. The highest BCUT2D eigenvalue weighted by molar-refractivity contribution is 5.98. The molecule has 0 aliphatic carbocycles. The Balaban J connectivity index is 1.44. The predicted octanol–water partition coefficient (Wildman–Crippen LogP) is 5.53. The van der Waals surface area contributed by atoms with Gasteiger partial charge in [0.2, 0.25) is 5.91 Å². The lowest BCUT2D eigenvalue weighted by atomic mass is 10.0. The smallest absolute Gasteiger partial charge is 0.352 e. The minimum atomic E-state index is -4.50. The summed E-state index contributed by atoms with van der Waals surface area (Å²) in [5, 5.41) is 4.54. The van der Waals surface area contributed by atoms with Crippen LogP contribution in [0, 0.1) is 11.7 Å². The number of aromatic nitrogens is 3. The first-order valence-electron chi connectivity index (χ1n) is 12.7. The fourth-order valence-electron chi connectivity index (χ4n) is 4.66. The second-order valence-corrected chi connectivity index (χ2v) is 10.0. The molecule has 1 aliphatic heterocycles. The first kappa shape index (κ1) is 26.6. The largest absolute Gasteiger partial charge is 0.416 e. The van der Waals surface area contributed by atoms with E-state index in [9.17, 15) is 22.4 Å². The van der Waals surface area contributed by atoms with Gasteiger partial charge in [-0.1, -0.05) is 43.3 Å². The number of anilines is 1. The summed E-state index contributed by atoms with van der Waals surface area (Å²) in [6.45, 7) is 5.83. The molecule has 1 saturated heterocycles. The summed E-state index contributed by atoms with van der Waals surface area (Å²) in [4.78, 5) is 25.9. The van der Waals surface area contributed by atoms with Crippen molar-refractivity contribution in [2.45, 2.75) is 32.9 Å². The minimum Gasteiger partial charge on any atom is -0.352 e. The number of piperazine rings is 1. The summed E-state index contributed by atoms with van der Waals surface area (Å²) < 4.78 is 58.9. The fraction of sp³-hybridized carbons (Fsp3) is 0.357. The van der Waals surface area contributed by atoms with Crippen molar-refractivity contribution in [3.63, 3.8) is 0 Å². The highest BCUT2D eigenvalue weighted by atomic mass is 19.4. The molecule has 2 aromatic heterocycles. The van der Waals surface area contributed by atoms with Gasteiger partial charge in [-0.2, -0.15) is 18.2 Å². The van der Waals surface area contributed by atoms with E-state index in [1.165, 1.54) is 18.2 Å². The zero-order valence-electron chi connectivity index (χ0n) is 21.5. The van der Waals surface area contributed by atoms with Gasteiger partial charge in [-0.25, -0.2) is 9.37 Å². The molecule has 1 fully saturated rings. The Morgan fingerprint density at radius 3 is 2.41 bits per heavy atom. The second-order valence-electron chi connectivity index (χ2n) is 10.0. The van der Waals surface area contributed by atoms with E-state index in [-0.39, 0.29) is 41.0 Å². The fourth-order valence-corrected chi connectivity index (χ4v) is 4.66. The normalized spacial score (nSPS) is 14.4.